The maximum absolute atomic E-state index is 13.6. The maximum atomic E-state index is 13.6. The fourth-order valence-electron chi connectivity index (χ4n) is 3.97. The minimum absolute atomic E-state index is 0.0793. The third kappa shape index (κ3) is 3.41. The van der Waals surface area contributed by atoms with Gasteiger partial charge in [-0.2, -0.15) is 0 Å². The van der Waals surface area contributed by atoms with Gasteiger partial charge in [-0.15, -0.1) is 0 Å². The van der Waals surface area contributed by atoms with Gasteiger partial charge in [0.2, 0.25) is 0 Å². The van der Waals surface area contributed by atoms with Gasteiger partial charge in [-0.05, 0) is 17.5 Å². The lowest BCUT2D eigenvalue weighted by Gasteiger charge is -2.29. The number of hydrogen-bond acceptors (Lipinski definition) is 5. The van der Waals surface area contributed by atoms with Crippen molar-refractivity contribution in [2.45, 2.75) is 12.0 Å². The zero-order valence-electron chi connectivity index (χ0n) is 16.0. The highest BCUT2D eigenvalue weighted by Gasteiger charge is 2.50. The van der Waals surface area contributed by atoms with Gasteiger partial charge in [0.05, 0.1) is 13.2 Å². The second-order valence-electron chi connectivity index (χ2n) is 7.18. The van der Waals surface area contributed by atoms with E-state index >= 15 is 0 Å². The number of aliphatic imine (C=N–C) groups is 1. The molecular formula is C22H26N4O2. The number of rotatable bonds is 6. The number of nitrogens with two attached hydrogens (primary N) is 1. The van der Waals surface area contributed by atoms with Crippen molar-refractivity contribution < 1.29 is 9.53 Å². The highest BCUT2D eigenvalue weighted by molar-refractivity contribution is 6.09. The fourth-order valence-corrected chi connectivity index (χ4v) is 3.97. The lowest BCUT2D eigenvalue weighted by molar-refractivity contribution is -0.130. The van der Waals surface area contributed by atoms with Gasteiger partial charge >= 0.3 is 0 Å². The standard InChI is InChI=1S/C22H26N4O2/c23-21-24-22(18-8-3-1-4-9-18,19-10-5-2-6-11-19)20(27)26(21)13-7-12-25-14-16-28-17-15-25/h1-6,8-11H,7,12-17H2,(H2,23,24). The van der Waals surface area contributed by atoms with E-state index in [4.69, 9.17) is 15.5 Å². The van der Waals surface area contributed by atoms with Crippen molar-refractivity contribution in [3.05, 3.63) is 71.8 Å². The average Bonchev–Trinajstić information content (AvgIpc) is 3.01. The van der Waals surface area contributed by atoms with Gasteiger partial charge in [0.15, 0.2) is 11.5 Å². The van der Waals surface area contributed by atoms with Crippen molar-refractivity contribution >= 4 is 11.9 Å². The van der Waals surface area contributed by atoms with E-state index in [9.17, 15) is 4.79 Å². The first kappa shape index (κ1) is 18.7. The summed E-state index contributed by atoms with van der Waals surface area (Å²) in [5.74, 6) is 0.212. The average molecular weight is 378 g/mol. The van der Waals surface area contributed by atoms with Crippen LogP contribution < -0.4 is 5.73 Å². The second-order valence-corrected chi connectivity index (χ2v) is 7.18. The van der Waals surface area contributed by atoms with E-state index in [1.807, 2.05) is 60.7 Å². The summed E-state index contributed by atoms with van der Waals surface area (Å²) in [4.78, 5) is 22.3. The van der Waals surface area contributed by atoms with Gasteiger partial charge in [0, 0.05) is 26.2 Å². The molecule has 0 spiro atoms. The number of carbonyl (C=O) groups excluding carboxylic acids is 1. The van der Waals surface area contributed by atoms with Crippen LogP contribution in [-0.4, -0.2) is 61.1 Å². The van der Waals surface area contributed by atoms with E-state index in [1.165, 1.54) is 0 Å². The number of benzene rings is 2. The lowest BCUT2D eigenvalue weighted by atomic mass is 9.83. The molecule has 0 unspecified atom stereocenters. The van der Waals surface area contributed by atoms with Crippen LogP contribution in [0.15, 0.2) is 65.7 Å². The van der Waals surface area contributed by atoms with Gasteiger partial charge in [0.1, 0.15) is 0 Å². The molecule has 28 heavy (non-hydrogen) atoms. The summed E-state index contributed by atoms with van der Waals surface area (Å²) in [5, 5.41) is 0. The Morgan fingerprint density at radius 3 is 2.07 bits per heavy atom. The quantitative estimate of drug-likeness (QED) is 0.832. The smallest absolute Gasteiger partial charge is 0.266 e. The van der Waals surface area contributed by atoms with Crippen LogP contribution >= 0.6 is 0 Å². The first-order valence-electron chi connectivity index (χ1n) is 9.80. The van der Waals surface area contributed by atoms with Crippen LogP contribution in [0.4, 0.5) is 0 Å². The van der Waals surface area contributed by atoms with Crippen molar-refractivity contribution in [3.63, 3.8) is 0 Å². The summed E-state index contributed by atoms with van der Waals surface area (Å²) in [6, 6.07) is 19.4. The monoisotopic (exact) mass is 378 g/mol. The Morgan fingerprint density at radius 1 is 0.929 bits per heavy atom. The van der Waals surface area contributed by atoms with Crippen LogP contribution in [0.2, 0.25) is 0 Å². The SMILES string of the molecule is NC1=NC(c2ccccc2)(c2ccccc2)C(=O)N1CCCN1CCOCC1. The molecule has 0 aliphatic carbocycles. The topological polar surface area (TPSA) is 71.2 Å². The Morgan fingerprint density at radius 2 is 1.50 bits per heavy atom. The third-order valence-corrected chi connectivity index (χ3v) is 5.46. The van der Waals surface area contributed by atoms with Gasteiger partial charge in [-0.25, -0.2) is 4.99 Å². The molecule has 1 amide bonds. The second kappa shape index (κ2) is 8.12. The molecule has 2 aromatic rings. The molecule has 2 aliphatic heterocycles. The van der Waals surface area contributed by atoms with E-state index in [2.05, 4.69) is 4.90 Å². The summed E-state index contributed by atoms with van der Waals surface area (Å²) in [5.41, 5.74) is 6.83. The van der Waals surface area contributed by atoms with Crippen molar-refractivity contribution in [1.29, 1.82) is 0 Å². The molecule has 0 atom stereocenters. The highest BCUT2D eigenvalue weighted by Crippen LogP contribution is 2.39. The summed E-state index contributed by atoms with van der Waals surface area (Å²) in [7, 11) is 0. The summed E-state index contributed by atoms with van der Waals surface area (Å²) in [6.07, 6.45) is 0.849. The number of ether oxygens (including phenoxy) is 1. The molecule has 2 aromatic carbocycles. The normalized spacial score (nSPS) is 19.6. The molecule has 0 aromatic heterocycles. The molecule has 0 saturated carbocycles. The van der Waals surface area contributed by atoms with Crippen molar-refractivity contribution in [3.8, 4) is 0 Å². The van der Waals surface area contributed by atoms with E-state index in [0.29, 0.717) is 12.5 Å². The first-order chi connectivity index (χ1) is 13.7. The van der Waals surface area contributed by atoms with E-state index in [-0.39, 0.29) is 5.91 Å². The Balaban J connectivity index is 1.57. The van der Waals surface area contributed by atoms with Gasteiger partial charge in [0.25, 0.3) is 5.91 Å². The minimum Gasteiger partial charge on any atom is -0.379 e. The molecule has 2 heterocycles. The maximum Gasteiger partial charge on any atom is 0.266 e. The molecule has 146 valence electrons. The van der Waals surface area contributed by atoms with Crippen molar-refractivity contribution in [2.75, 3.05) is 39.4 Å². The minimum atomic E-state index is -1.11. The number of morpholine rings is 1. The van der Waals surface area contributed by atoms with Crippen LogP contribution in [0.1, 0.15) is 17.5 Å². The van der Waals surface area contributed by atoms with Crippen LogP contribution in [0.25, 0.3) is 0 Å². The Kier molecular flexibility index (Phi) is 5.41. The fraction of sp³-hybridized carbons (Fsp3) is 0.364. The van der Waals surface area contributed by atoms with Crippen LogP contribution in [-0.2, 0) is 15.1 Å². The van der Waals surface area contributed by atoms with Gasteiger partial charge in [-0.1, -0.05) is 60.7 Å². The molecule has 2 aliphatic rings. The molecule has 0 radical (unpaired) electrons. The van der Waals surface area contributed by atoms with Crippen LogP contribution in [0, 0.1) is 0 Å². The number of nitrogens with zero attached hydrogens (tertiary/aromatic N) is 3. The number of guanidine groups is 1. The van der Waals surface area contributed by atoms with E-state index in [1.54, 1.807) is 4.90 Å². The van der Waals surface area contributed by atoms with Crippen LogP contribution in [0.5, 0.6) is 0 Å². The highest BCUT2D eigenvalue weighted by atomic mass is 16.5. The summed E-state index contributed by atoms with van der Waals surface area (Å²) in [6.45, 7) is 4.91. The zero-order chi connectivity index (χ0) is 19.4. The predicted octanol–water partition coefficient (Wildman–Crippen LogP) is 1.81. The molecule has 1 saturated heterocycles. The first-order valence-corrected chi connectivity index (χ1v) is 9.80. The van der Waals surface area contributed by atoms with Crippen molar-refractivity contribution in [2.24, 2.45) is 10.7 Å². The number of hydrogen-bond donors (Lipinski definition) is 1. The Labute approximate surface area is 165 Å². The largest absolute Gasteiger partial charge is 0.379 e. The summed E-state index contributed by atoms with van der Waals surface area (Å²) >= 11 is 0. The van der Waals surface area contributed by atoms with Gasteiger partial charge < -0.3 is 10.5 Å². The molecular weight excluding hydrogens is 352 g/mol. The predicted molar refractivity (Wildman–Crippen MR) is 109 cm³/mol. The number of amides is 1. The molecule has 6 heteroatoms. The Bertz CT molecular complexity index is 793. The third-order valence-electron chi connectivity index (χ3n) is 5.46. The summed E-state index contributed by atoms with van der Waals surface area (Å²) < 4.78 is 5.39. The molecule has 2 N–H and O–H groups in total. The molecule has 4 rings (SSSR count). The molecule has 6 nitrogen and oxygen atoms in total. The number of carbonyl (C=O) groups is 1. The van der Waals surface area contributed by atoms with Crippen LogP contribution in [0.3, 0.4) is 0 Å². The van der Waals surface area contributed by atoms with E-state index in [0.717, 1.165) is 50.4 Å². The lowest BCUT2D eigenvalue weighted by Crippen LogP contribution is -2.45. The zero-order valence-corrected chi connectivity index (χ0v) is 16.0. The van der Waals surface area contributed by atoms with Crippen molar-refractivity contribution in [1.82, 2.24) is 9.80 Å². The van der Waals surface area contributed by atoms with Gasteiger partial charge in [-0.3, -0.25) is 14.6 Å². The molecule has 0 bridgehead atoms. The Hall–Kier alpha value is -2.70. The van der Waals surface area contributed by atoms with E-state index < -0.39 is 5.54 Å². The molecule has 1 fully saturated rings.